The normalized spacial score (nSPS) is 15.9. The molecular weight excluding hydrogens is 268 g/mol. The third-order valence-electron chi connectivity index (χ3n) is 3.53. The van der Waals surface area contributed by atoms with Gasteiger partial charge in [0.05, 0.1) is 11.4 Å². The second-order valence-electron chi connectivity index (χ2n) is 5.86. The van der Waals surface area contributed by atoms with Crippen LogP contribution < -0.4 is 0 Å². The molecule has 2 nitrogen and oxygen atoms in total. The molecule has 3 heteroatoms. The van der Waals surface area contributed by atoms with Crippen molar-refractivity contribution in [3.63, 3.8) is 0 Å². The number of aliphatic hydroxyl groups excluding tert-OH is 1. The average molecular weight is 294 g/mol. The van der Waals surface area contributed by atoms with E-state index in [0.717, 1.165) is 17.7 Å². The Morgan fingerprint density at radius 2 is 1.75 bits per heavy atom. The van der Waals surface area contributed by atoms with E-state index in [2.05, 4.69) is 13.8 Å². The number of aliphatic hydroxyl groups is 1. The largest absolute Gasteiger partial charge is 0.393 e. The molecule has 0 radical (unpaired) electrons. The summed E-state index contributed by atoms with van der Waals surface area (Å²) < 4.78 is 0. The highest BCUT2D eigenvalue weighted by molar-refractivity contribution is 8.00. The molecule has 0 aliphatic rings. The van der Waals surface area contributed by atoms with Gasteiger partial charge in [0, 0.05) is 10.8 Å². The van der Waals surface area contributed by atoms with Gasteiger partial charge in [-0.3, -0.25) is 4.79 Å². The summed E-state index contributed by atoms with van der Waals surface area (Å²) in [5, 5.41) is 10.1. The van der Waals surface area contributed by atoms with Crippen LogP contribution in [0.1, 0.15) is 40.5 Å². The Hall–Kier alpha value is -0.800. The van der Waals surface area contributed by atoms with E-state index in [1.807, 2.05) is 37.3 Å². The van der Waals surface area contributed by atoms with Crippen LogP contribution in [0.3, 0.4) is 0 Å². The summed E-state index contributed by atoms with van der Waals surface area (Å²) in [6.45, 7) is 7.90. The number of thioether (sulfide) groups is 1. The summed E-state index contributed by atoms with van der Waals surface area (Å²) in [6.07, 6.45) is 1.34. The van der Waals surface area contributed by atoms with E-state index in [1.165, 1.54) is 0 Å². The van der Waals surface area contributed by atoms with Crippen molar-refractivity contribution < 1.29 is 9.90 Å². The molecule has 3 atom stereocenters. The fourth-order valence-electron chi connectivity index (χ4n) is 2.17. The van der Waals surface area contributed by atoms with Crippen LogP contribution in [0.25, 0.3) is 0 Å². The third kappa shape index (κ3) is 5.68. The van der Waals surface area contributed by atoms with E-state index >= 15 is 0 Å². The van der Waals surface area contributed by atoms with Crippen molar-refractivity contribution >= 4 is 17.5 Å². The first kappa shape index (κ1) is 17.3. The SMILES string of the molecule is CC(=O)C(Sc1ccccc1)C(C)C(O)CCC(C)C. The molecule has 0 bridgehead atoms. The van der Waals surface area contributed by atoms with Gasteiger partial charge < -0.3 is 5.11 Å². The summed E-state index contributed by atoms with van der Waals surface area (Å²) in [7, 11) is 0. The molecule has 0 amide bonds. The first-order valence-electron chi connectivity index (χ1n) is 7.32. The van der Waals surface area contributed by atoms with Crippen LogP contribution in [0.2, 0.25) is 0 Å². The molecule has 0 saturated carbocycles. The zero-order valence-electron chi connectivity index (χ0n) is 12.9. The van der Waals surface area contributed by atoms with Crippen molar-refractivity contribution in [1.29, 1.82) is 0 Å². The lowest BCUT2D eigenvalue weighted by atomic mass is 9.92. The number of hydrogen-bond donors (Lipinski definition) is 1. The first-order chi connectivity index (χ1) is 9.41. The van der Waals surface area contributed by atoms with E-state index < -0.39 is 6.10 Å². The summed E-state index contributed by atoms with van der Waals surface area (Å²) >= 11 is 1.56. The Morgan fingerprint density at radius 1 is 1.15 bits per heavy atom. The van der Waals surface area contributed by atoms with Gasteiger partial charge in [0.2, 0.25) is 0 Å². The molecule has 1 aromatic rings. The minimum atomic E-state index is -0.414. The number of carbonyl (C=O) groups excluding carboxylic acids is 1. The second-order valence-corrected chi connectivity index (χ2v) is 7.07. The lowest BCUT2D eigenvalue weighted by Crippen LogP contribution is -2.32. The Labute approximate surface area is 127 Å². The highest BCUT2D eigenvalue weighted by Gasteiger charge is 2.28. The summed E-state index contributed by atoms with van der Waals surface area (Å²) in [4.78, 5) is 13.0. The Kier molecular flexibility index (Phi) is 7.31. The van der Waals surface area contributed by atoms with Crippen molar-refractivity contribution in [2.24, 2.45) is 11.8 Å². The van der Waals surface area contributed by atoms with Gasteiger partial charge in [-0.25, -0.2) is 0 Å². The van der Waals surface area contributed by atoms with Gasteiger partial charge in [-0.2, -0.15) is 0 Å². The molecule has 0 aromatic heterocycles. The van der Waals surface area contributed by atoms with Crippen molar-refractivity contribution in [3.05, 3.63) is 30.3 Å². The molecule has 1 aromatic carbocycles. The van der Waals surface area contributed by atoms with Crippen LogP contribution >= 0.6 is 11.8 Å². The Morgan fingerprint density at radius 3 is 2.25 bits per heavy atom. The van der Waals surface area contributed by atoms with Crippen molar-refractivity contribution in [3.8, 4) is 0 Å². The molecule has 1 N–H and O–H groups in total. The molecule has 20 heavy (non-hydrogen) atoms. The maximum atomic E-state index is 11.9. The highest BCUT2D eigenvalue weighted by Crippen LogP contribution is 2.31. The van der Waals surface area contributed by atoms with Gasteiger partial charge >= 0.3 is 0 Å². The number of hydrogen-bond acceptors (Lipinski definition) is 3. The summed E-state index contributed by atoms with van der Waals surface area (Å²) in [5.41, 5.74) is 0. The fraction of sp³-hybridized carbons (Fsp3) is 0.588. The van der Waals surface area contributed by atoms with Crippen LogP contribution in [-0.2, 0) is 4.79 Å². The van der Waals surface area contributed by atoms with Crippen molar-refractivity contribution in [2.45, 2.75) is 56.8 Å². The number of Topliss-reactive ketones (excluding diaryl/α,β-unsaturated/α-hetero) is 1. The number of carbonyl (C=O) groups is 1. The standard InChI is InChI=1S/C17H26O2S/c1-12(2)10-11-16(19)13(3)17(14(4)18)20-15-8-6-5-7-9-15/h5-9,12-13,16-17,19H,10-11H2,1-4H3. The first-order valence-corrected chi connectivity index (χ1v) is 8.20. The summed E-state index contributed by atoms with van der Waals surface area (Å²) in [5.74, 6) is 0.681. The molecule has 0 fully saturated rings. The maximum Gasteiger partial charge on any atom is 0.143 e. The Balaban J connectivity index is 2.67. The lowest BCUT2D eigenvalue weighted by Gasteiger charge is -2.26. The molecule has 0 heterocycles. The highest BCUT2D eigenvalue weighted by atomic mass is 32.2. The quantitative estimate of drug-likeness (QED) is 0.731. The van der Waals surface area contributed by atoms with Crippen LogP contribution in [0.5, 0.6) is 0 Å². The van der Waals surface area contributed by atoms with Gasteiger partial charge in [-0.1, -0.05) is 39.0 Å². The molecular formula is C17H26O2S. The number of ketones is 1. The zero-order chi connectivity index (χ0) is 15.1. The molecule has 1 rings (SSSR count). The zero-order valence-corrected chi connectivity index (χ0v) is 13.7. The summed E-state index contributed by atoms with van der Waals surface area (Å²) in [6, 6.07) is 9.92. The van der Waals surface area contributed by atoms with Crippen LogP contribution in [0.4, 0.5) is 0 Å². The Bertz CT molecular complexity index is 403. The van der Waals surface area contributed by atoms with E-state index in [-0.39, 0.29) is 17.0 Å². The molecule has 0 aliphatic heterocycles. The van der Waals surface area contributed by atoms with Gasteiger partial charge in [0.25, 0.3) is 0 Å². The smallest absolute Gasteiger partial charge is 0.143 e. The van der Waals surface area contributed by atoms with E-state index in [9.17, 15) is 9.90 Å². The molecule has 0 aliphatic carbocycles. The van der Waals surface area contributed by atoms with Gasteiger partial charge in [0.15, 0.2) is 0 Å². The molecule has 0 spiro atoms. The minimum absolute atomic E-state index is 0.0311. The van der Waals surface area contributed by atoms with Gasteiger partial charge in [-0.15, -0.1) is 11.8 Å². The van der Waals surface area contributed by atoms with Gasteiger partial charge in [-0.05, 0) is 37.8 Å². The number of benzene rings is 1. The second kappa shape index (κ2) is 8.48. The predicted molar refractivity (Wildman–Crippen MR) is 86.0 cm³/mol. The molecule has 3 unspecified atom stereocenters. The van der Waals surface area contributed by atoms with E-state index in [4.69, 9.17) is 0 Å². The van der Waals surface area contributed by atoms with E-state index in [0.29, 0.717) is 5.92 Å². The topological polar surface area (TPSA) is 37.3 Å². The van der Waals surface area contributed by atoms with Gasteiger partial charge in [0.1, 0.15) is 5.78 Å². The van der Waals surface area contributed by atoms with Crippen LogP contribution in [-0.4, -0.2) is 22.2 Å². The van der Waals surface area contributed by atoms with Crippen molar-refractivity contribution in [2.75, 3.05) is 0 Å². The average Bonchev–Trinajstić information content (AvgIpc) is 2.42. The minimum Gasteiger partial charge on any atom is -0.393 e. The van der Waals surface area contributed by atoms with E-state index in [1.54, 1.807) is 18.7 Å². The monoisotopic (exact) mass is 294 g/mol. The van der Waals surface area contributed by atoms with Crippen molar-refractivity contribution in [1.82, 2.24) is 0 Å². The number of rotatable bonds is 8. The molecule has 112 valence electrons. The fourth-order valence-corrected chi connectivity index (χ4v) is 3.34. The predicted octanol–water partition coefficient (Wildman–Crippen LogP) is 4.17. The van der Waals surface area contributed by atoms with Crippen LogP contribution in [0, 0.1) is 11.8 Å². The maximum absolute atomic E-state index is 11.9. The molecule has 0 saturated heterocycles. The van der Waals surface area contributed by atoms with Crippen LogP contribution in [0.15, 0.2) is 35.2 Å². The third-order valence-corrected chi connectivity index (χ3v) is 5.09. The lowest BCUT2D eigenvalue weighted by molar-refractivity contribution is -0.118.